The summed E-state index contributed by atoms with van der Waals surface area (Å²) in [4.78, 5) is 21.3. The Morgan fingerprint density at radius 2 is 2.16 bits per heavy atom. The minimum Gasteiger partial charge on any atom is -0.479 e. The number of hydrogen-bond donors (Lipinski definition) is 1. The third-order valence-electron chi connectivity index (χ3n) is 3.23. The second-order valence-corrected chi connectivity index (χ2v) is 5.00. The van der Waals surface area contributed by atoms with Gasteiger partial charge in [-0.15, -0.1) is 0 Å². The fourth-order valence-corrected chi connectivity index (χ4v) is 2.08. The van der Waals surface area contributed by atoms with E-state index in [9.17, 15) is 4.79 Å². The van der Waals surface area contributed by atoms with Crippen LogP contribution >= 0.6 is 0 Å². The van der Waals surface area contributed by atoms with Gasteiger partial charge in [-0.05, 0) is 25.7 Å². The number of aryl methyl sites for hydroxylation is 1. The summed E-state index contributed by atoms with van der Waals surface area (Å²) < 4.78 is 5.12. The van der Waals surface area contributed by atoms with Crippen molar-refractivity contribution in [3.8, 4) is 5.88 Å². The highest BCUT2D eigenvalue weighted by Gasteiger charge is 2.19. The smallest absolute Gasteiger partial charge is 0.341 e. The first-order valence-corrected chi connectivity index (χ1v) is 6.50. The lowest BCUT2D eigenvalue weighted by molar-refractivity contribution is -0.139. The van der Waals surface area contributed by atoms with Crippen molar-refractivity contribution >= 4 is 11.9 Å². The van der Waals surface area contributed by atoms with E-state index in [1.807, 2.05) is 6.92 Å². The monoisotopic (exact) mass is 265 g/mol. The maximum atomic E-state index is 10.5. The van der Waals surface area contributed by atoms with Crippen LogP contribution in [0.4, 0.5) is 5.95 Å². The molecular formula is C13H19N3O3. The summed E-state index contributed by atoms with van der Waals surface area (Å²) in [7, 11) is 0. The third kappa shape index (κ3) is 3.81. The Morgan fingerprint density at radius 3 is 2.79 bits per heavy atom. The van der Waals surface area contributed by atoms with Gasteiger partial charge in [0.15, 0.2) is 6.61 Å². The van der Waals surface area contributed by atoms with Gasteiger partial charge in [0, 0.05) is 24.8 Å². The highest BCUT2D eigenvalue weighted by atomic mass is 16.5. The van der Waals surface area contributed by atoms with Crippen molar-refractivity contribution in [1.82, 2.24) is 9.97 Å². The summed E-state index contributed by atoms with van der Waals surface area (Å²) in [5.74, 6) is 0.684. The molecule has 2 heterocycles. The first kappa shape index (κ1) is 13.6. The average molecular weight is 265 g/mol. The van der Waals surface area contributed by atoms with Crippen molar-refractivity contribution in [3.63, 3.8) is 0 Å². The SMILES string of the molecule is Cc1cc(OCC(=O)O)nc(N2CCC(C)CC2)n1. The average Bonchev–Trinajstić information content (AvgIpc) is 2.36. The molecule has 0 aromatic carbocycles. The first-order valence-electron chi connectivity index (χ1n) is 6.50. The summed E-state index contributed by atoms with van der Waals surface area (Å²) in [5, 5.41) is 8.61. The van der Waals surface area contributed by atoms with Crippen molar-refractivity contribution in [1.29, 1.82) is 0 Å². The van der Waals surface area contributed by atoms with Gasteiger partial charge in [-0.2, -0.15) is 4.98 Å². The lowest BCUT2D eigenvalue weighted by atomic mass is 10.00. The minimum atomic E-state index is -1.01. The maximum Gasteiger partial charge on any atom is 0.341 e. The number of anilines is 1. The van der Waals surface area contributed by atoms with Gasteiger partial charge in [0.25, 0.3) is 0 Å². The van der Waals surface area contributed by atoms with Crippen molar-refractivity contribution < 1.29 is 14.6 Å². The van der Waals surface area contributed by atoms with Gasteiger partial charge >= 0.3 is 5.97 Å². The van der Waals surface area contributed by atoms with E-state index >= 15 is 0 Å². The van der Waals surface area contributed by atoms with Gasteiger partial charge in [0.1, 0.15) is 0 Å². The molecule has 6 heteroatoms. The number of rotatable bonds is 4. The summed E-state index contributed by atoms with van der Waals surface area (Å²) in [6.07, 6.45) is 2.26. The zero-order valence-corrected chi connectivity index (χ0v) is 11.3. The molecule has 0 unspecified atom stereocenters. The predicted octanol–water partition coefficient (Wildman–Crippen LogP) is 1.48. The predicted molar refractivity (Wildman–Crippen MR) is 70.5 cm³/mol. The molecule has 0 radical (unpaired) electrons. The molecule has 1 fully saturated rings. The third-order valence-corrected chi connectivity index (χ3v) is 3.23. The maximum absolute atomic E-state index is 10.5. The molecule has 1 aromatic rings. The number of hydrogen-bond acceptors (Lipinski definition) is 5. The number of nitrogens with zero attached hydrogens (tertiary/aromatic N) is 3. The Kier molecular flexibility index (Phi) is 4.19. The number of piperidine rings is 1. The molecule has 2 rings (SSSR count). The number of carboxylic acids is 1. The van der Waals surface area contributed by atoms with Crippen molar-refractivity contribution in [3.05, 3.63) is 11.8 Å². The van der Waals surface area contributed by atoms with Crippen molar-refractivity contribution in [2.45, 2.75) is 26.7 Å². The molecule has 6 nitrogen and oxygen atoms in total. The quantitative estimate of drug-likeness (QED) is 0.888. The van der Waals surface area contributed by atoms with Crippen LogP contribution in [0.1, 0.15) is 25.5 Å². The standard InChI is InChI=1S/C13H19N3O3/c1-9-3-5-16(6-4-9)13-14-10(2)7-11(15-13)19-8-12(17)18/h7,9H,3-6,8H2,1-2H3,(H,17,18). The first-order chi connectivity index (χ1) is 9.04. The Morgan fingerprint density at radius 1 is 1.47 bits per heavy atom. The van der Waals surface area contributed by atoms with Crippen LogP contribution in [-0.2, 0) is 4.79 Å². The van der Waals surface area contributed by atoms with E-state index in [2.05, 4.69) is 21.8 Å². The largest absolute Gasteiger partial charge is 0.479 e. The van der Waals surface area contributed by atoms with Gasteiger partial charge in [0.2, 0.25) is 11.8 Å². The van der Waals surface area contributed by atoms with E-state index in [0.29, 0.717) is 11.8 Å². The summed E-state index contributed by atoms with van der Waals surface area (Å²) >= 11 is 0. The van der Waals surface area contributed by atoms with Gasteiger partial charge < -0.3 is 14.7 Å². The molecule has 104 valence electrons. The normalized spacial score (nSPS) is 16.4. The molecule has 0 bridgehead atoms. The lowest BCUT2D eigenvalue weighted by Crippen LogP contribution is -2.34. The second-order valence-electron chi connectivity index (χ2n) is 5.00. The molecule has 0 saturated carbocycles. The summed E-state index contributed by atoms with van der Waals surface area (Å²) in [6, 6.07) is 1.65. The van der Waals surface area contributed by atoms with E-state index in [1.165, 1.54) is 0 Å². The second kappa shape index (κ2) is 5.86. The molecule has 1 aliphatic rings. The van der Waals surface area contributed by atoms with E-state index in [4.69, 9.17) is 9.84 Å². The molecule has 1 saturated heterocycles. The van der Waals surface area contributed by atoms with Crippen LogP contribution in [0.15, 0.2) is 6.07 Å². The minimum absolute atomic E-state index is 0.323. The topological polar surface area (TPSA) is 75.6 Å². The Labute approximate surface area is 112 Å². The van der Waals surface area contributed by atoms with E-state index in [-0.39, 0.29) is 6.61 Å². The lowest BCUT2D eigenvalue weighted by Gasteiger charge is -2.30. The van der Waals surface area contributed by atoms with Crippen LogP contribution in [-0.4, -0.2) is 40.7 Å². The Hall–Kier alpha value is -1.85. The fraction of sp³-hybridized carbons (Fsp3) is 0.615. The Bertz CT molecular complexity index is 456. The summed E-state index contributed by atoms with van der Waals surface area (Å²) in [5.41, 5.74) is 0.781. The zero-order valence-electron chi connectivity index (χ0n) is 11.3. The molecule has 0 amide bonds. The van der Waals surface area contributed by atoms with Crippen molar-refractivity contribution in [2.24, 2.45) is 5.92 Å². The van der Waals surface area contributed by atoms with Crippen LogP contribution in [0.5, 0.6) is 5.88 Å². The van der Waals surface area contributed by atoms with Crippen LogP contribution in [0.3, 0.4) is 0 Å². The number of carbonyl (C=O) groups is 1. The fourth-order valence-electron chi connectivity index (χ4n) is 2.08. The molecule has 1 aromatic heterocycles. The molecule has 0 spiro atoms. The summed E-state index contributed by atoms with van der Waals surface area (Å²) in [6.45, 7) is 5.58. The molecular weight excluding hydrogens is 246 g/mol. The molecule has 0 atom stereocenters. The molecule has 19 heavy (non-hydrogen) atoms. The van der Waals surface area contributed by atoms with Crippen LogP contribution < -0.4 is 9.64 Å². The van der Waals surface area contributed by atoms with Crippen LogP contribution in [0, 0.1) is 12.8 Å². The van der Waals surface area contributed by atoms with E-state index in [1.54, 1.807) is 6.07 Å². The highest BCUT2D eigenvalue weighted by Crippen LogP contribution is 2.22. The van der Waals surface area contributed by atoms with Crippen LogP contribution in [0.2, 0.25) is 0 Å². The van der Waals surface area contributed by atoms with Gasteiger partial charge in [-0.3, -0.25) is 0 Å². The van der Waals surface area contributed by atoms with Gasteiger partial charge in [-0.1, -0.05) is 6.92 Å². The van der Waals surface area contributed by atoms with Gasteiger partial charge in [-0.25, -0.2) is 9.78 Å². The van der Waals surface area contributed by atoms with Gasteiger partial charge in [0.05, 0.1) is 0 Å². The van der Waals surface area contributed by atoms with E-state index in [0.717, 1.165) is 37.5 Å². The Balaban J connectivity index is 2.09. The number of aliphatic carboxylic acids is 1. The number of aromatic nitrogens is 2. The van der Waals surface area contributed by atoms with Crippen molar-refractivity contribution in [2.75, 3.05) is 24.6 Å². The van der Waals surface area contributed by atoms with E-state index < -0.39 is 5.97 Å². The number of carboxylic acid groups (broad SMARTS) is 1. The zero-order chi connectivity index (χ0) is 13.8. The van der Waals surface area contributed by atoms with Crippen LogP contribution in [0.25, 0.3) is 0 Å². The highest BCUT2D eigenvalue weighted by molar-refractivity contribution is 5.68. The molecule has 1 aliphatic heterocycles. The molecule has 1 N–H and O–H groups in total. The molecule has 0 aliphatic carbocycles. The number of ether oxygens (including phenoxy) is 1.